The summed E-state index contributed by atoms with van der Waals surface area (Å²) in [5, 5.41) is 3.90. The Kier molecular flexibility index (Phi) is 6.06. The highest BCUT2D eigenvalue weighted by Gasteiger charge is 2.23. The van der Waals surface area contributed by atoms with Crippen molar-refractivity contribution >= 4 is 34.2 Å². The Morgan fingerprint density at radius 2 is 1.72 bits per heavy atom. The molecule has 0 unspecified atom stereocenters. The molecule has 1 aromatic heterocycles. The van der Waals surface area contributed by atoms with E-state index in [1.807, 2.05) is 0 Å². The lowest BCUT2D eigenvalue weighted by Crippen LogP contribution is -2.45. The van der Waals surface area contributed by atoms with Gasteiger partial charge in [-0.25, -0.2) is 13.2 Å². The molecule has 166 valence electrons. The standard InChI is InChI=1S/C23H19ClF3N3O2/c1-12(31)30-6-4-15(5-7-30)29-23(32)13-2-3-16-17(8-13)22(28-11-18(16)24)21-19(26)9-14(25)10-20(21)27/h2-3,8-11,15H,4-7H2,1H3,(H,29,32). The van der Waals surface area contributed by atoms with Gasteiger partial charge in [0, 0.05) is 60.7 Å². The van der Waals surface area contributed by atoms with Crippen LogP contribution in [0.3, 0.4) is 0 Å². The van der Waals surface area contributed by atoms with E-state index in [9.17, 15) is 22.8 Å². The van der Waals surface area contributed by atoms with Crippen LogP contribution < -0.4 is 5.32 Å². The molecule has 0 aliphatic carbocycles. The molecule has 1 aliphatic rings. The number of piperidine rings is 1. The number of likely N-dealkylation sites (tertiary alicyclic amines) is 1. The Bertz CT molecular complexity index is 1200. The van der Waals surface area contributed by atoms with E-state index in [1.165, 1.54) is 19.2 Å². The van der Waals surface area contributed by atoms with Gasteiger partial charge in [0.1, 0.15) is 17.5 Å². The predicted molar refractivity (Wildman–Crippen MR) is 115 cm³/mol. The van der Waals surface area contributed by atoms with E-state index in [2.05, 4.69) is 10.3 Å². The maximum absolute atomic E-state index is 14.4. The van der Waals surface area contributed by atoms with Crippen LogP contribution in [0.15, 0.2) is 36.5 Å². The van der Waals surface area contributed by atoms with E-state index in [0.717, 1.165) is 0 Å². The minimum absolute atomic E-state index is 0.00136. The van der Waals surface area contributed by atoms with Crippen LogP contribution in [0.5, 0.6) is 0 Å². The maximum atomic E-state index is 14.4. The number of amides is 2. The molecule has 1 aliphatic heterocycles. The normalized spacial score (nSPS) is 14.6. The lowest BCUT2D eigenvalue weighted by molar-refractivity contribution is -0.129. The molecule has 32 heavy (non-hydrogen) atoms. The molecule has 4 rings (SSSR count). The van der Waals surface area contributed by atoms with Gasteiger partial charge in [-0.3, -0.25) is 14.6 Å². The predicted octanol–water partition coefficient (Wildman–Crippen LogP) is 4.71. The van der Waals surface area contributed by atoms with Gasteiger partial charge in [0.05, 0.1) is 16.3 Å². The average Bonchev–Trinajstić information content (AvgIpc) is 2.74. The Morgan fingerprint density at radius 3 is 2.34 bits per heavy atom. The summed E-state index contributed by atoms with van der Waals surface area (Å²) in [5.74, 6) is -3.62. The van der Waals surface area contributed by atoms with Gasteiger partial charge in [0.15, 0.2) is 0 Å². The molecule has 0 saturated carbocycles. The number of rotatable bonds is 3. The lowest BCUT2D eigenvalue weighted by Gasteiger charge is -2.31. The molecule has 1 N–H and O–H groups in total. The summed E-state index contributed by atoms with van der Waals surface area (Å²) in [6.45, 7) is 2.63. The van der Waals surface area contributed by atoms with Crippen LogP contribution in [0.1, 0.15) is 30.1 Å². The number of fused-ring (bicyclic) bond motifs is 1. The summed E-state index contributed by atoms with van der Waals surface area (Å²) in [5.41, 5.74) is -0.314. The van der Waals surface area contributed by atoms with Crippen molar-refractivity contribution in [2.45, 2.75) is 25.8 Å². The highest BCUT2D eigenvalue weighted by molar-refractivity contribution is 6.35. The zero-order valence-electron chi connectivity index (χ0n) is 17.1. The van der Waals surface area contributed by atoms with Gasteiger partial charge in [-0.1, -0.05) is 17.7 Å². The molecule has 0 atom stereocenters. The molecule has 0 bridgehead atoms. The van der Waals surface area contributed by atoms with Crippen molar-refractivity contribution in [3.05, 3.63) is 64.6 Å². The fourth-order valence-corrected chi connectivity index (χ4v) is 4.14. The van der Waals surface area contributed by atoms with Crippen molar-refractivity contribution in [1.82, 2.24) is 15.2 Å². The van der Waals surface area contributed by atoms with Gasteiger partial charge < -0.3 is 10.2 Å². The summed E-state index contributed by atoms with van der Waals surface area (Å²) < 4.78 is 42.2. The largest absolute Gasteiger partial charge is 0.349 e. The van der Waals surface area contributed by atoms with E-state index in [-0.39, 0.29) is 39.5 Å². The fourth-order valence-electron chi connectivity index (χ4n) is 3.93. The smallest absolute Gasteiger partial charge is 0.251 e. The number of carbonyl (C=O) groups is 2. The van der Waals surface area contributed by atoms with Gasteiger partial charge in [0.25, 0.3) is 5.91 Å². The molecule has 0 spiro atoms. The zero-order chi connectivity index (χ0) is 23.0. The van der Waals surface area contributed by atoms with Crippen molar-refractivity contribution in [1.29, 1.82) is 0 Å². The van der Waals surface area contributed by atoms with Crippen molar-refractivity contribution < 1.29 is 22.8 Å². The first kappa shape index (κ1) is 22.1. The Labute approximate surface area is 187 Å². The van der Waals surface area contributed by atoms with E-state index in [1.54, 1.807) is 17.0 Å². The number of halogens is 4. The van der Waals surface area contributed by atoms with E-state index < -0.39 is 23.0 Å². The number of nitrogens with zero attached hydrogens (tertiary/aromatic N) is 2. The maximum Gasteiger partial charge on any atom is 0.251 e. The quantitative estimate of drug-likeness (QED) is 0.614. The van der Waals surface area contributed by atoms with Crippen molar-refractivity contribution in [2.75, 3.05) is 13.1 Å². The van der Waals surface area contributed by atoms with Crippen LogP contribution in [0.25, 0.3) is 22.0 Å². The summed E-state index contributed by atoms with van der Waals surface area (Å²) in [7, 11) is 0. The van der Waals surface area contributed by atoms with E-state index in [0.29, 0.717) is 43.5 Å². The number of aromatic nitrogens is 1. The zero-order valence-corrected chi connectivity index (χ0v) is 17.8. The SMILES string of the molecule is CC(=O)N1CCC(NC(=O)c2ccc3c(Cl)cnc(-c4c(F)cc(F)cc4F)c3c2)CC1. The van der Waals surface area contributed by atoms with Crippen molar-refractivity contribution in [3.8, 4) is 11.3 Å². The first-order chi connectivity index (χ1) is 15.2. The average molecular weight is 462 g/mol. The lowest BCUT2D eigenvalue weighted by atomic mass is 9.99. The van der Waals surface area contributed by atoms with Crippen LogP contribution in [-0.4, -0.2) is 40.8 Å². The van der Waals surface area contributed by atoms with Crippen molar-refractivity contribution in [3.63, 3.8) is 0 Å². The van der Waals surface area contributed by atoms with Gasteiger partial charge in [-0.2, -0.15) is 0 Å². The van der Waals surface area contributed by atoms with Crippen LogP contribution in [-0.2, 0) is 4.79 Å². The Balaban J connectivity index is 1.67. The second-order valence-electron chi connectivity index (χ2n) is 7.71. The molecule has 5 nitrogen and oxygen atoms in total. The third kappa shape index (κ3) is 4.27. The number of hydrogen-bond donors (Lipinski definition) is 1. The number of pyridine rings is 1. The minimum atomic E-state index is -1.11. The minimum Gasteiger partial charge on any atom is -0.349 e. The molecule has 1 saturated heterocycles. The molecular weight excluding hydrogens is 443 g/mol. The Morgan fingerprint density at radius 1 is 1.06 bits per heavy atom. The summed E-state index contributed by atoms with van der Waals surface area (Å²) in [6, 6.07) is 5.66. The van der Waals surface area contributed by atoms with E-state index in [4.69, 9.17) is 11.6 Å². The van der Waals surface area contributed by atoms with E-state index >= 15 is 0 Å². The third-order valence-corrected chi connectivity index (χ3v) is 5.92. The van der Waals surface area contributed by atoms with Crippen molar-refractivity contribution in [2.24, 2.45) is 0 Å². The first-order valence-corrected chi connectivity index (χ1v) is 10.4. The summed E-state index contributed by atoms with van der Waals surface area (Å²) >= 11 is 6.21. The number of nitrogens with one attached hydrogen (secondary N) is 1. The van der Waals surface area contributed by atoms with Crippen LogP contribution in [0.2, 0.25) is 5.02 Å². The van der Waals surface area contributed by atoms with Crippen LogP contribution in [0, 0.1) is 17.5 Å². The molecule has 1 fully saturated rings. The molecule has 2 aromatic carbocycles. The number of carbonyl (C=O) groups excluding carboxylic acids is 2. The fraction of sp³-hybridized carbons (Fsp3) is 0.261. The second kappa shape index (κ2) is 8.78. The van der Waals surface area contributed by atoms with Crippen LogP contribution >= 0.6 is 11.6 Å². The topological polar surface area (TPSA) is 62.3 Å². The highest BCUT2D eigenvalue weighted by atomic mass is 35.5. The molecule has 3 aromatic rings. The summed E-state index contributed by atoms with van der Waals surface area (Å²) in [6.07, 6.45) is 2.51. The summed E-state index contributed by atoms with van der Waals surface area (Å²) in [4.78, 5) is 30.1. The number of benzene rings is 2. The highest BCUT2D eigenvalue weighted by Crippen LogP contribution is 2.34. The molecule has 2 heterocycles. The van der Waals surface area contributed by atoms with Gasteiger partial charge in [-0.05, 0) is 25.0 Å². The third-order valence-electron chi connectivity index (χ3n) is 5.62. The Hall–Kier alpha value is -3.13. The van der Waals surface area contributed by atoms with Gasteiger partial charge in [-0.15, -0.1) is 0 Å². The molecule has 9 heteroatoms. The molecular formula is C23H19ClF3N3O2. The number of hydrogen-bond acceptors (Lipinski definition) is 3. The van der Waals surface area contributed by atoms with Gasteiger partial charge >= 0.3 is 0 Å². The van der Waals surface area contributed by atoms with Crippen LogP contribution in [0.4, 0.5) is 13.2 Å². The molecule has 2 amide bonds. The molecule has 0 radical (unpaired) electrons. The van der Waals surface area contributed by atoms with Gasteiger partial charge in [0.2, 0.25) is 5.91 Å². The monoisotopic (exact) mass is 461 g/mol. The second-order valence-corrected chi connectivity index (χ2v) is 8.12. The first-order valence-electron chi connectivity index (χ1n) is 10.0.